The first kappa shape index (κ1) is 20.6. The summed E-state index contributed by atoms with van der Waals surface area (Å²) in [4.78, 5) is 18.7. The zero-order valence-corrected chi connectivity index (χ0v) is 17.8. The molecule has 0 aliphatic carbocycles. The third-order valence-electron chi connectivity index (χ3n) is 4.91. The largest absolute Gasteiger partial charge is 0.481 e. The summed E-state index contributed by atoms with van der Waals surface area (Å²) in [6, 6.07) is 11.9. The Morgan fingerprint density at radius 3 is 2.62 bits per heavy atom. The number of hydrogen-bond acceptors (Lipinski definition) is 5. The van der Waals surface area contributed by atoms with Gasteiger partial charge in [0.1, 0.15) is 5.75 Å². The fourth-order valence-electron chi connectivity index (χ4n) is 3.18. The number of likely N-dealkylation sites (N-methyl/N-ethyl adjacent to an activating group) is 1. The van der Waals surface area contributed by atoms with E-state index in [9.17, 15) is 4.79 Å². The molecule has 0 saturated heterocycles. The number of aromatic nitrogens is 2. The maximum absolute atomic E-state index is 12.8. The third kappa shape index (κ3) is 4.83. The molecule has 1 atom stereocenters. The number of hydrogen-bond donors (Lipinski definition) is 0. The van der Waals surface area contributed by atoms with Crippen LogP contribution in [0.1, 0.15) is 35.1 Å². The number of nitrogens with zero attached hydrogens (tertiary/aromatic N) is 3. The summed E-state index contributed by atoms with van der Waals surface area (Å²) in [6.45, 7) is 10.0. The van der Waals surface area contributed by atoms with Crippen molar-refractivity contribution in [3.63, 3.8) is 0 Å². The smallest absolute Gasteiger partial charge is 0.263 e. The molecule has 1 heterocycles. The Kier molecular flexibility index (Phi) is 6.01. The zero-order valence-electron chi connectivity index (χ0n) is 17.8. The monoisotopic (exact) mass is 393 g/mol. The van der Waals surface area contributed by atoms with Crippen molar-refractivity contribution >= 4 is 5.91 Å². The van der Waals surface area contributed by atoms with E-state index in [-0.39, 0.29) is 12.5 Å². The second kappa shape index (κ2) is 8.47. The fourth-order valence-corrected chi connectivity index (χ4v) is 3.18. The Morgan fingerprint density at radius 2 is 1.90 bits per heavy atom. The molecule has 3 aromatic rings. The lowest BCUT2D eigenvalue weighted by Crippen LogP contribution is -2.37. The summed E-state index contributed by atoms with van der Waals surface area (Å²) >= 11 is 0. The zero-order chi connectivity index (χ0) is 21.1. The highest BCUT2D eigenvalue weighted by molar-refractivity contribution is 5.80. The Labute approximate surface area is 171 Å². The van der Waals surface area contributed by atoms with E-state index in [0.29, 0.717) is 11.7 Å². The molecular formula is C23H27N3O3. The number of carbonyl (C=O) groups is 1. The van der Waals surface area contributed by atoms with Gasteiger partial charge in [-0.25, -0.2) is 0 Å². The highest BCUT2D eigenvalue weighted by atomic mass is 16.5. The molecule has 29 heavy (non-hydrogen) atoms. The van der Waals surface area contributed by atoms with Gasteiger partial charge in [0.15, 0.2) is 6.10 Å². The molecule has 1 amide bonds. The van der Waals surface area contributed by atoms with Crippen LogP contribution in [0.3, 0.4) is 0 Å². The predicted molar refractivity (Wildman–Crippen MR) is 112 cm³/mol. The fraction of sp³-hybridized carbons (Fsp3) is 0.348. The average Bonchev–Trinajstić information content (AvgIpc) is 3.13. The summed E-state index contributed by atoms with van der Waals surface area (Å²) in [5, 5.41) is 4.03. The van der Waals surface area contributed by atoms with E-state index in [4.69, 9.17) is 9.26 Å². The first-order chi connectivity index (χ1) is 13.7. The molecule has 0 aliphatic rings. The molecule has 0 aliphatic heterocycles. The van der Waals surface area contributed by atoms with Crippen LogP contribution in [0, 0.1) is 27.7 Å². The van der Waals surface area contributed by atoms with Gasteiger partial charge >= 0.3 is 0 Å². The van der Waals surface area contributed by atoms with Gasteiger partial charge in [0.25, 0.3) is 5.91 Å². The SMILES string of the molecule is Cc1cccc(-c2noc(CN(C)C(=O)C(C)Oc3cc(C)cc(C)c3C)n2)c1. The van der Waals surface area contributed by atoms with Gasteiger partial charge in [0, 0.05) is 12.6 Å². The van der Waals surface area contributed by atoms with Gasteiger partial charge in [0.05, 0.1) is 6.54 Å². The standard InChI is InChI=1S/C23H27N3O3/c1-14-8-7-9-19(11-14)22-24-21(29-25-22)13-26(6)23(27)18(5)28-20-12-15(2)10-16(3)17(20)4/h7-12,18H,13H2,1-6H3. The molecular weight excluding hydrogens is 366 g/mol. The second-order valence-electron chi connectivity index (χ2n) is 7.54. The number of amides is 1. The van der Waals surface area contributed by atoms with Crippen molar-refractivity contribution in [3.05, 3.63) is 64.5 Å². The Morgan fingerprint density at radius 1 is 1.14 bits per heavy atom. The molecule has 0 N–H and O–H groups in total. The van der Waals surface area contributed by atoms with Crippen LogP contribution in [0.5, 0.6) is 5.75 Å². The topological polar surface area (TPSA) is 68.5 Å². The number of rotatable bonds is 6. The minimum atomic E-state index is -0.626. The Hall–Kier alpha value is -3.15. The summed E-state index contributed by atoms with van der Waals surface area (Å²) in [5.41, 5.74) is 5.29. The maximum atomic E-state index is 12.8. The molecule has 6 heteroatoms. The van der Waals surface area contributed by atoms with Gasteiger partial charge < -0.3 is 14.2 Å². The maximum Gasteiger partial charge on any atom is 0.263 e. The molecule has 0 bridgehead atoms. The lowest BCUT2D eigenvalue weighted by Gasteiger charge is -2.22. The minimum absolute atomic E-state index is 0.154. The quantitative estimate of drug-likeness (QED) is 0.621. The summed E-state index contributed by atoms with van der Waals surface area (Å²) in [7, 11) is 1.70. The van der Waals surface area contributed by atoms with Gasteiger partial charge in [-0.2, -0.15) is 4.98 Å². The van der Waals surface area contributed by atoms with Crippen molar-refractivity contribution in [2.24, 2.45) is 0 Å². The van der Waals surface area contributed by atoms with Gasteiger partial charge in [0.2, 0.25) is 11.7 Å². The van der Waals surface area contributed by atoms with E-state index < -0.39 is 6.10 Å². The van der Waals surface area contributed by atoms with Gasteiger partial charge in [-0.1, -0.05) is 35.0 Å². The number of carbonyl (C=O) groups excluding carboxylic acids is 1. The van der Waals surface area contributed by atoms with Crippen LogP contribution >= 0.6 is 0 Å². The number of ether oxygens (including phenoxy) is 1. The van der Waals surface area contributed by atoms with Crippen LogP contribution in [0.25, 0.3) is 11.4 Å². The molecule has 6 nitrogen and oxygen atoms in total. The van der Waals surface area contributed by atoms with Crippen molar-refractivity contribution in [1.82, 2.24) is 15.0 Å². The van der Waals surface area contributed by atoms with Crippen molar-refractivity contribution < 1.29 is 14.1 Å². The molecule has 1 aromatic heterocycles. The molecule has 0 spiro atoms. The van der Waals surface area contributed by atoms with Gasteiger partial charge in [-0.3, -0.25) is 4.79 Å². The first-order valence-corrected chi connectivity index (χ1v) is 9.63. The van der Waals surface area contributed by atoms with Crippen LogP contribution in [0.15, 0.2) is 40.9 Å². The Bertz CT molecular complexity index is 1030. The van der Waals surface area contributed by atoms with Crippen LogP contribution in [-0.2, 0) is 11.3 Å². The van der Waals surface area contributed by atoms with Crippen molar-refractivity contribution in [2.75, 3.05) is 7.05 Å². The van der Waals surface area contributed by atoms with Crippen LogP contribution in [0.2, 0.25) is 0 Å². The van der Waals surface area contributed by atoms with Gasteiger partial charge in [-0.15, -0.1) is 0 Å². The van der Waals surface area contributed by atoms with E-state index in [1.807, 2.05) is 58.0 Å². The highest BCUT2D eigenvalue weighted by Crippen LogP contribution is 2.25. The third-order valence-corrected chi connectivity index (χ3v) is 4.91. The minimum Gasteiger partial charge on any atom is -0.481 e. The molecule has 152 valence electrons. The summed E-state index contributed by atoms with van der Waals surface area (Å²) in [6.07, 6.45) is -0.626. The first-order valence-electron chi connectivity index (χ1n) is 9.63. The Balaban J connectivity index is 1.66. The predicted octanol–water partition coefficient (Wildman–Crippen LogP) is 4.40. The van der Waals surface area contributed by atoms with Crippen molar-refractivity contribution in [3.8, 4) is 17.1 Å². The number of benzene rings is 2. The van der Waals surface area contributed by atoms with E-state index in [0.717, 1.165) is 33.6 Å². The molecule has 1 unspecified atom stereocenters. The molecule has 3 rings (SSSR count). The normalized spacial score (nSPS) is 11.9. The molecule has 0 saturated carbocycles. The number of aryl methyl sites for hydroxylation is 3. The van der Waals surface area contributed by atoms with E-state index in [2.05, 4.69) is 16.2 Å². The average molecular weight is 393 g/mol. The van der Waals surface area contributed by atoms with E-state index in [1.54, 1.807) is 14.0 Å². The molecule has 2 aromatic carbocycles. The second-order valence-corrected chi connectivity index (χ2v) is 7.54. The van der Waals surface area contributed by atoms with Crippen molar-refractivity contribution in [2.45, 2.75) is 47.3 Å². The lowest BCUT2D eigenvalue weighted by molar-refractivity contribution is -0.137. The highest BCUT2D eigenvalue weighted by Gasteiger charge is 2.22. The van der Waals surface area contributed by atoms with Crippen molar-refractivity contribution in [1.29, 1.82) is 0 Å². The molecule has 0 radical (unpaired) electrons. The van der Waals surface area contributed by atoms with Crippen LogP contribution in [-0.4, -0.2) is 34.1 Å². The van der Waals surface area contributed by atoms with Gasteiger partial charge in [-0.05, 0) is 63.4 Å². The summed E-state index contributed by atoms with van der Waals surface area (Å²) in [5.74, 6) is 1.47. The van der Waals surface area contributed by atoms with Crippen LogP contribution in [0.4, 0.5) is 0 Å². The lowest BCUT2D eigenvalue weighted by atomic mass is 10.1. The van der Waals surface area contributed by atoms with E-state index in [1.165, 1.54) is 4.90 Å². The van der Waals surface area contributed by atoms with Crippen LogP contribution < -0.4 is 4.74 Å². The summed E-state index contributed by atoms with van der Waals surface area (Å²) < 4.78 is 11.3. The molecule has 0 fully saturated rings. The van der Waals surface area contributed by atoms with E-state index >= 15 is 0 Å².